The molecule has 0 aromatic heterocycles. The predicted molar refractivity (Wildman–Crippen MR) is 84.3 cm³/mol. The van der Waals surface area contributed by atoms with Gasteiger partial charge in [0.1, 0.15) is 0 Å². The molecule has 1 nitrogen and oxygen atoms in total. The predicted octanol–water partition coefficient (Wildman–Crippen LogP) is 4.24. The Hall–Kier alpha value is -0.470. The molecule has 0 saturated heterocycles. The van der Waals surface area contributed by atoms with Crippen molar-refractivity contribution in [2.75, 3.05) is 18.8 Å². The van der Waals surface area contributed by atoms with Gasteiger partial charge in [-0.3, -0.25) is 4.90 Å². The standard InChI is InChI=1S/C16H27NS/c1-4-16(5-2,14-18)13-17(6-3)12-15-10-8-7-9-11-15/h7-11,18H,4-6,12-14H2,1-3H3. The molecule has 0 unspecified atom stereocenters. The SMILES string of the molecule is CCN(Cc1ccccc1)CC(CC)(CC)CS. The van der Waals surface area contributed by atoms with Gasteiger partial charge in [0.05, 0.1) is 0 Å². The molecule has 0 saturated carbocycles. The molecular weight excluding hydrogens is 238 g/mol. The highest BCUT2D eigenvalue weighted by atomic mass is 32.1. The summed E-state index contributed by atoms with van der Waals surface area (Å²) >= 11 is 4.57. The second-order valence-corrected chi connectivity index (χ2v) is 5.47. The Morgan fingerprint density at radius 3 is 2.11 bits per heavy atom. The smallest absolute Gasteiger partial charge is 0.0233 e. The van der Waals surface area contributed by atoms with Gasteiger partial charge in [0.2, 0.25) is 0 Å². The second-order valence-electron chi connectivity index (χ2n) is 5.15. The summed E-state index contributed by atoms with van der Waals surface area (Å²) in [4.78, 5) is 2.54. The zero-order chi connectivity index (χ0) is 13.4. The molecular formula is C16H27NS. The maximum absolute atomic E-state index is 4.57. The maximum Gasteiger partial charge on any atom is 0.0233 e. The number of rotatable bonds is 8. The van der Waals surface area contributed by atoms with E-state index in [4.69, 9.17) is 0 Å². The maximum atomic E-state index is 4.57. The molecule has 1 aromatic rings. The molecule has 2 heteroatoms. The zero-order valence-electron chi connectivity index (χ0n) is 12.0. The third kappa shape index (κ3) is 4.33. The van der Waals surface area contributed by atoms with E-state index in [0.29, 0.717) is 5.41 Å². The van der Waals surface area contributed by atoms with Crippen molar-refractivity contribution < 1.29 is 0 Å². The van der Waals surface area contributed by atoms with Crippen LogP contribution in [0.15, 0.2) is 30.3 Å². The number of benzene rings is 1. The lowest BCUT2D eigenvalue weighted by molar-refractivity contribution is 0.157. The number of hydrogen-bond donors (Lipinski definition) is 1. The molecule has 1 rings (SSSR count). The molecule has 0 aliphatic heterocycles. The minimum atomic E-state index is 0.369. The van der Waals surface area contributed by atoms with Gasteiger partial charge in [-0.15, -0.1) is 0 Å². The third-order valence-electron chi connectivity index (χ3n) is 4.09. The molecule has 0 fully saturated rings. The Balaban J connectivity index is 2.66. The van der Waals surface area contributed by atoms with Crippen LogP contribution in [0.1, 0.15) is 39.2 Å². The summed E-state index contributed by atoms with van der Waals surface area (Å²) in [5.41, 5.74) is 1.77. The highest BCUT2D eigenvalue weighted by Gasteiger charge is 2.26. The van der Waals surface area contributed by atoms with E-state index in [1.807, 2.05) is 0 Å². The molecule has 0 aliphatic carbocycles. The molecule has 1 aromatic carbocycles. The van der Waals surface area contributed by atoms with Crippen molar-refractivity contribution in [1.82, 2.24) is 4.90 Å². The molecule has 0 spiro atoms. The van der Waals surface area contributed by atoms with E-state index in [-0.39, 0.29) is 0 Å². The second kappa shape index (κ2) is 7.85. The van der Waals surface area contributed by atoms with Crippen molar-refractivity contribution in [3.05, 3.63) is 35.9 Å². The summed E-state index contributed by atoms with van der Waals surface area (Å²) in [6.07, 6.45) is 2.41. The Morgan fingerprint density at radius 1 is 1.06 bits per heavy atom. The fourth-order valence-electron chi connectivity index (χ4n) is 2.34. The summed E-state index contributed by atoms with van der Waals surface area (Å²) in [5, 5.41) is 0. The lowest BCUT2D eigenvalue weighted by Gasteiger charge is -2.36. The van der Waals surface area contributed by atoms with E-state index in [1.54, 1.807) is 0 Å². The van der Waals surface area contributed by atoms with Crippen molar-refractivity contribution in [3.8, 4) is 0 Å². The highest BCUT2D eigenvalue weighted by molar-refractivity contribution is 7.80. The van der Waals surface area contributed by atoms with Crippen molar-refractivity contribution in [2.24, 2.45) is 5.41 Å². The van der Waals surface area contributed by atoms with Crippen molar-refractivity contribution in [2.45, 2.75) is 40.2 Å². The van der Waals surface area contributed by atoms with Gasteiger partial charge in [-0.25, -0.2) is 0 Å². The first-order valence-corrected chi connectivity index (χ1v) is 7.70. The lowest BCUT2D eigenvalue weighted by Crippen LogP contribution is -2.38. The molecule has 0 radical (unpaired) electrons. The van der Waals surface area contributed by atoms with E-state index in [1.165, 1.54) is 18.4 Å². The molecule has 0 N–H and O–H groups in total. The van der Waals surface area contributed by atoms with E-state index in [9.17, 15) is 0 Å². The summed E-state index contributed by atoms with van der Waals surface area (Å²) in [5.74, 6) is 0.977. The number of hydrogen-bond acceptors (Lipinski definition) is 2. The fourth-order valence-corrected chi connectivity index (χ4v) is 2.89. The van der Waals surface area contributed by atoms with Crippen LogP contribution in [0, 0.1) is 5.41 Å². The van der Waals surface area contributed by atoms with Crippen LogP contribution in [-0.2, 0) is 6.54 Å². The number of nitrogens with zero attached hydrogens (tertiary/aromatic N) is 1. The van der Waals surface area contributed by atoms with Crippen molar-refractivity contribution >= 4 is 12.6 Å². The van der Waals surface area contributed by atoms with Gasteiger partial charge in [0.15, 0.2) is 0 Å². The number of thiol groups is 1. The molecule has 0 amide bonds. The topological polar surface area (TPSA) is 3.24 Å². The molecule has 102 valence electrons. The molecule has 0 aliphatic rings. The first-order valence-electron chi connectivity index (χ1n) is 7.06. The van der Waals surface area contributed by atoms with Gasteiger partial charge >= 0.3 is 0 Å². The van der Waals surface area contributed by atoms with Crippen LogP contribution in [-0.4, -0.2) is 23.7 Å². The average Bonchev–Trinajstić information content (AvgIpc) is 2.45. The van der Waals surface area contributed by atoms with E-state index in [0.717, 1.165) is 25.4 Å². The third-order valence-corrected chi connectivity index (χ3v) is 4.76. The van der Waals surface area contributed by atoms with Crippen LogP contribution in [0.3, 0.4) is 0 Å². The largest absolute Gasteiger partial charge is 0.299 e. The summed E-state index contributed by atoms with van der Waals surface area (Å²) in [6, 6.07) is 10.7. The van der Waals surface area contributed by atoms with E-state index in [2.05, 4.69) is 68.6 Å². The van der Waals surface area contributed by atoms with Crippen LogP contribution in [0.4, 0.5) is 0 Å². The molecule has 0 atom stereocenters. The summed E-state index contributed by atoms with van der Waals surface area (Å²) < 4.78 is 0. The Labute approximate surface area is 118 Å². The molecule has 18 heavy (non-hydrogen) atoms. The quantitative estimate of drug-likeness (QED) is 0.688. The molecule has 0 bridgehead atoms. The van der Waals surface area contributed by atoms with Crippen LogP contribution in [0.2, 0.25) is 0 Å². The highest BCUT2D eigenvalue weighted by Crippen LogP contribution is 2.29. The van der Waals surface area contributed by atoms with Gasteiger partial charge in [0, 0.05) is 13.1 Å². The van der Waals surface area contributed by atoms with E-state index < -0.39 is 0 Å². The monoisotopic (exact) mass is 265 g/mol. The Bertz CT molecular complexity index is 311. The summed E-state index contributed by atoms with van der Waals surface area (Å²) in [6.45, 7) is 10.1. The molecule has 0 heterocycles. The van der Waals surface area contributed by atoms with Crippen LogP contribution in [0.25, 0.3) is 0 Å². The first-order chi connectivity index (χ1) is 8.69. The van der Waals surface area contributed by atoms with Crippen LogP contribution in [0.5, 0.6) is 0 Å². The van der Waals surface area contributed by atoms with Gasteiger partial charge < -0.3 is 0 Å². The van der Waals surface area contributed by atoms with Crippen LogP contribution >= 0.6 is 12.6 Å². The minimum Gasteiger partial charge on any atom is -0.299 e. The lowest BCUT2D eigenvalue weighted by atomic mass is 9.83. The van der Waals surface area contributed by atoms with Gasteiger partial charge in [-0.2, -0.15) is 12.6 Å². The Kier molecular flexibility index (Phi) is 6.80. The van der Waals surface area contributed by atoms with Crippen molar-refractivity contribution in [3.63, 3.8) is 0 Å². The van der Waals surface area contributed by atoms with Crippen LogP contribution < -0.4 is 0 Å². The van der Waals surface area contributed by atoms with Gasteiger partial charge in [0.25, 0.3) is 0 Å². The summed E-state index contributed by atoms with van der Waals surface area (Å²) in [7, 11) is 0. The minimum absolute atomic E-state index is 0.369. The average molecular weight is 265 g/mol. The van der Waals surface area contributed by atoms with Crippen molar-refractivity contribution in [1.29, 1.82) is 0 Å². The zero-order valence-corrected chi connectivity index (χ0v) is 12.9. The fraction of sp³-hybridized carbons (Fsp3) is 0.625. The Morgan fingerprint density at radius 2 is 1.67 bits per heavy atom. The van der Waals surface area contributed by atoms with E-state index >= 15 is 0 Å². The van der Waals surface area contributed by atoms with Gasteiger partial charge in [-0.1, -0.05) is 51.1 Å². The van der Waals surface area contributed by atoms with Gasteiger partial charge in [-0.05, 0) is 36.1 Å². The first kappa shape index (κ1) is 15.6. The normalized spacial score (nSPS) is 12.1.